The van der Waals surface area contributed by atoms with E-state index in [1.54, 1.807) is 11.1 Å². The lowest BCUT2D eigenvalue weighted by molar-refractivity contribution is 0.574. The lowest BCUT2D eigenvalue weighted by Gasteiger charge is -2.36. The molecule has 1 heterocycles. The van der Waals surface area contributed by atoms with Crippen molar-refractivity contribution in [3.63, 3.8) is 0 Å². The van der Waals surface area contributed by atoms with Crippen LogP contribution in [-0.4, -0.2) is 5.25 Å². The van der Waals surface area contributed by atoms with Gasteiger partial charge in [-0.3, -0.25) is 0 Å². The van der Waals surface area contributed by atoms with Crippen molar-refractivity contribution in [1.82, 2.24) is 0 Å². The van der Waals surface area contributed by atoms with Crippen molar-refractivity contribution in [1.29, 1.82) is 0 Å². The van der Waals surface area contributed by atoms with E-state index < -0.39 is 5.41 Å². The maximum absolute atomic E-state index is 2.52. The molecule has 0 radical (unpaired) electrons. The molecule has 8 aromatic rings. The minimum Gasteiger partial charge on any atom is -0.309 e. The van der Waals surface area contributed by atoms with Crippen LogP contribution in [0.5, 0.6) is 0 Å². The molecule has 0 saturated carbocycles. The highest BCUT2D eigenvalue weighted by molar-refractivity contribution is 8.01. The van der Waals surface area contributed by atoms with Gasteiger partial charge in [0, 0.05) is 32.9 Å². The first kappa shape index (κ1) is 39.5. The molecule has 0 N–H and O–H groups in total. The lowest BCUT2D eigenvalue weighted by atomic mass is 9.66. The van der Waals surface area contributed by atoms with E-state index in [4.69, 9.17) is 0 Å². The van der Waals surface area contributed by atoms with E-state index in [0.29, 0.717) is 0 Å². The van der Waals surface area contributed by atoms with E-state index in [1.807, 2.05) is 0 Å². The SMILES string of the molecule is CC1(C)C2=C(CCCC2)c2ccc(-c3ccc(N(c4ccc(-c5ccccc5)cc4)c4cccc5c4SC4C6=C(C=CC54)C(c4ccccc4)(c4ccccc4)c4ccccc46)cc3)cc21. The van der Waals surface area contributed by atoms with Crippen LogP contribution in [0, 0.1) is 0 Å². The first-order valence-corrected chi connectivity index (χ1v) is 24.7. The summed E-state index contributed by atoms with van der Waals surface area (Å²) in [4.78, 5) is 3.86. The maximum atomic E-state index is 2.52. The first-order valence-electron chi connectivity index (χ1n) is 23.9. The average molecular weight is 866 g/mol. The molecule has 5 aliphatic rings. The van der Waals surface area contributed by atoms with Crippen LogP contribution in [0.25, 0.3) is 33.4 Å². The molecule has 0 aromatic heterocycles. The fourth-order valence-electron chi connectivity index (χ4n) is 12.6. The summed E-state index contributed by atoms with van der Waals surface area (Å²) in [6.45, 7) is 4.89. The number of anilines is 3. The minimum absolute atomic E-state index is 0.0867. The summed E-state index contributed by atoms with van der Waals surface area (Å²) in [5.41, 5.74) is 24.1. The summed E-state index contributed by atoms with van der Waals surface area (Å²) in [6, 6.07) is 75.2. The second-order valence-corrected chi connectivity index (χ2v) is 20.5. The predicted octanol–water partition coefficient (Wildman–Crippen LogP) is 17.0. The highest BCUT2D eigenvalue weighted by Crippen LogP contribution is 2.65. The molecule has 0 amide bonds. The molecule has 66 heavy (non-hydrogen) atoms. The second kappa shape index (κ2) is 15.4. The number of nitrogens with zero attached hydrogens (tertiary/aromatic N) is 1. The molecule has 8 aromatic carbocycles. The van der Waals surface area contributed by atoms with Gasteiger partial charge in [0.25, 0.3) is 0 Å². The topological polar surface area (TPSA) is 3.24 Å². The van der Waals surface area contributed by atoms with Crippen LogP contribution in [-0.2, 0) is 10.8 Å². The molecule has 1 aliphatic heterocycles. The average Bonchev–Trinajstić information content (AvgIpc) is 3.99. The molecule has 0 saturated heterocycles. The molecule has 0 spiro atoms. The van der Waals surface area contributed by atoms with Crippen LogP contribution in [0.15, 0.2) is 228 Å². The van der Waals surface area contributed by atoms with Gasteiger partial charge >= 0.3 is 0 Å². The van der Waals surface area contributed by atoms with Crippen molar-refractivity contribution >= 4 is 40.0 Å². The largest absolute Gasteiger partial charge is 0.309 e. The maximum Gasteiger partial charge on any atom is 0.0710 e. The number of rotatable bonds is 7. The molecule has 4 aliphatic carbocycles. The quantitative estimate of drug-likeness (QED) is 0.157. The Morgan fingerprint density at radius 3 is 1.80 bits per heavy atom. The van der Waals surface area contributed by atoms with Gasteiger partial charge in [0.05, 0.1) is 11.1 Å². The van der Waals surface area contributed by atoms with Gasteiger partial charge in [-0.15, -0.1) is 11.8 Å². The molecule has 2 unspecified atom stereocenters. The smallest absolute Gasteiger partial charge is 0.0710 e. The normalized spacial score (nSPS) is 19.1. The fraction of sp³-hybridized carbons (Fsp3) is 0.156. The van der Waals surface area contributed by atoms with Gasteiger partial charge in [-0.25, -0.2) is 0 Å². The molecule has 0 bridgehead atoms. The highest BCUT2D eigenvalue weighted by Gasteiger charge is 2.52. The van der Waals surface area contributed by atoms with Crippen LogP contribution in [0.1, 0.15) is 84.4 Å². The fourth-order valence-corrected chi connectivity index (χ4v) is 14.2. The van der Waals surface area contributed by atoms with Crippen molar-refractivity contribution in [2.45, 2.75) is 66.4 Å². The van der Waals surface area contributed by atoms with Gasteiger partial charge in [-0.05, 0) is 140 Å². The van der Waals surface area contributed by atoms with Crippen LogP contribution in [0.2, 0.25) is 0 Å². The van der Waals surface area contributed by atoms with Crippen LogP contribution in [0.3, 0.4) is 0 Å². The van der Waals surface area contributed by atoms with Gasteiger partial charge < -0.3 is 4.90 Å². The Kier molecular flexibility index (Phi) is 9.19. The second-order valence-electron chi connectivity index (χ2n) is 19.3. The van der Waals surface area contributed by atoms with Crippen molar-refractivity contribution in [3.8, 4) is 22.3 Å². The zero-order chi connectivity index (χ0) is 44.0. The van der Waals surface area contributed by atoms with E-state index in [0.717, 1.165) is 11.4 Å². The van der Waals surface area contributed by atoms with Gasteiger partial charge in [-0.2, -0.15) is 0 Å². The standard InChI is InChI=1S/C64H51NS/c1-63(2)55-26-14-12-23-50(55)51-38-33-45(41-58(51)63)44-31-36-49(37-32-44)65(48-34-29-43(30-35-48)42-17-6-3-7-18-42)59-28-16-25-52-53-39-40-57-60(62(53)66-61(52)59)54-24-13-15-27-56(54)64(57,46-19-8-4-9-20-46)47-21-10-5-11-22-47/h3-11,13,15-22,24-25,27-41,53,62H,12,14,23,26H2,1-2H3. The summed E-state index contributed by atoms with van der Waals surface area (Å²) in [6.07, 6.45) is 10.1. The highest BCUT2D eigenvalue weighted by atomic mass is 32.2. The Balaban J connectivity index is 0.925. The number of thioether (sulfide) groups is 1. The minimum atomic E-state index is -0.410. The Morgan fingerprint density at radius 2 is 1.11 bits per heavy atom. The molecular weight excluding hydrogens is 815 g/mol. The van der Waals surface area contributed by atoms with Crippen molar-refractivity contribution in [3.05, 3.63) is 262 Å². The Hall–Kier alpha value is -6.87. The van der Waals surface area contributed by atoms with Crippen LogP contribution in [0.4, 0.5) is 17.1 Å². The Bertz CT molecular complexity index is 3240. The van der Waals surface area contributed by atoms with E-state index in [2.05, 4.69) is 243 Å². The van der Waals surface area contributed by atoms with Gasteiger partial charge in [0.1, 0.15) is 0 Å². The van der Waals surface area contributed by atoms with Crippen LogP contribution < -0.4 is 4.90 Å². The summed E-state index contributed by atoms with van der Waals surface area (Å²) < 4.78 is 0. The zero-order valence-corrected chi connectivity index (χ0v) is 38.4. The molecular formula is C64H51NS. The summed E-state index contributed by atoms with van der Waals surface area (Å²) in [7, 11) is 0. The lowest BCUT2D eigenvalue weighted by Crippen LogP contribution is -2.30. The van der Waals surface area contributed by atoms with Crippen molar-refractivity contribution < 1.29 is 0 Å². The number of hydrogen-bond acceptors (Lipinski definition) is 2. The number of allylic oxidation sites excluding steroid dienone is 5. The molecule has 2 heteroatoms. The molecule has 13 rings (SSSR count). The summed E-state index contributed by atoms with van der Waals surface area (Å²) in [5.74, 6) is 0.244. The molecule has 318 valence electrons. The van der Waals surface area contributed by atoms with E-state index in [1.165, 1.54) is 109 Å². The molecule has 0 fully saturated rings. The molecule has 1 nitrogen and oxygen atoms in total. The Morgan fingerprint density at radius 1 is 0.515 bits per heavy atom. The number of fused-ring (bicyclic) bond motifs is 8. The van der Waals surface area contributed by atoms with Crippen LogP contribution >= 0.6 is 11.8 Å². The third-order valence-corrected chi connectivity index (χ3v) is 17.1. The third kappa shape index (κ3) is 5.87. The van der Waals surface area contributed by atoms with Crippen molar-refractivity contribution in [2.75, 3.05) is 4.90 Å². The van der Waals surface area contributed by atoms with Gasteiger partial charge in [0.15, 0.2) is 0 Å². The first-order chi connectivity index (χ1) is 32.5. The molecule has 2 atom stereocenters. The summed E-state index contributed by atoms with van der Waals surface area (Å²) in [5, 5.41) is 0.227. The van der Waals surface area contributed by atoms with Gasteiger partial charge in [0.2, 0.25) is 0 Å². The predicted molar refractivity (Wildman–Crippen MR) is 278 cm³/mol. The third-order valence-electron chi connectivity index (χ3n) is 15.6. The van der Waals surface area contributed by atoms with E-state index >= 15 is 0 Å². The van der Waals surface area contributed by atoms with Gasteiger partial charge in [-0.1, -0.05) is 195 Å². The van der Waals surface area contributed by atoms with Crippen molar-refractivity contribution in [2.24, 2.45) is 0 Å². The van der Waals surface area contributed by atoms with E-state index in [-0.39, 0.29) is 16.6 Å². The number of benzene rings is 8. The number of hydrogen-bond donors (Lipinski definition) is 0. The monoisotopic (exact) mass is 865 g/mol. The van der Waals surface area contributed by atoms with E-state index in [9.17, 15) is 0 Å². The Labute approximate surface area is 393 Å². The zero-order valence-electron chi connectivity index (χ0n) is 37.5. The summed E-state index contributed by atoms with van der Waals surface area (Å²) >= 11 is 2.06.